The van der Waals surface area contributed by atoms with Crippen molar-refractivity contribution in [1.29, 1.82) is 0 Å². The van der Waals surface area contributed by atoms with E-state index in [4.69, 9.17) is 11.6 Å². The third-order valence-corrected chi connectivity index (χ3v) is 6.70. The molecule has 0 saturated heterocycles. The van der Waals surface area contributed by atoms with Gasteiger partial charge in [-0.15, -0.1) is 0 Å². The number of carbonyl (C=O) groups excluding carboxylic acids is 2. The van der Waals surface area contributed by atoms with Crippen molar-refractivity contribution in [1.82, 2.24) is 10.2 Å². The summed E-state index contributed by atoms with van der Waals surface area (Å²) in [5, 5.41) is 3.34. The van der Waals surface area contributed by atoms with E-state index >= 15 is 0 Å². The van der Waals surface area contributed by atoms with E-state index in [1.54, 1.807) is 31.2 Å². The minimum atomic E-state index is -3.51. The van der Waals surface area contributed by atoms with Gasteiger partial charge in [0.1, 0.15) is 6.04 Å². The van der Waals surface area contributed by atoms with Crippen LogP contribution in [0.15, 0.2) is 48.5 Å². The first kappa shape index (κ1) is 26.7. The Morgan fingerprint density at radius 2 is 1.67 bits per heavy atom. The molecule has 0 aliphatic heterocycles. The van der Waals surface area contributed by atoms with Gasteiger partial charge >= 0.3 is 0 Å². The van der Waals surface area contributed by atoms with Gasteiger partial charge in [0.2, 0.25) is 21.8 Å². The molecule has 0 bridgehead atoms. The van der Waals surface area contributed by atoms with Gasteiger partial charge < -0.3 is 10.2 Å². The lowest BCUT2D eigenvalue weighted by molar-refractivity contribution is -0.140. The molecule has 0 aliphatic carbocycles. The Balaban J connectivity index is 2.13. The van der Waals surface area contributed by atoms with Crippen LogP contribution in [0.5, 0.6) is 0 Å². The summed E-state index contributed by atoms with van der Waals surface area (Å²) in [4.78, 5) is 27.1. The highest BCUT2D eigenvalue weighted by molar-refractivity contribution is 7.92. The van der Waals surface area contributed by atoms with Crippen LogP contribution >= 0.6 is 11.6 Å². The van der Waals surface area contributed by atoms with E-state index in [0.29, 0.717) is 23.7 Å². The molecule has 2 rings (SSSR count). The van der Waals surface area contributed by atoms with Crippen LogP contribution in [0.4, 0.5) is 5.69 Å². The number of likely N-dealkylation sites (N-methyl/N-ethyl adjacent to an activating group) is 1. The van der Waals surface area contributed by atoms with Gasteiger partial charge in [0.25, 0.3) is 0 Å². The number of aryl methyl sites for hydroxylation is 1. The van der Waals surface area contributed by atoms with Crippen molar-refractivity contribution < 1.29 is 18.0 Å². The minimum absolute atomic E-state index is 0.106. The Kier molecular flexibility index (Phi) is 9.73. The number of rotatable bonds is 11. The van der Waals surface area contributed by atoms with E-state index in [1.807, 2.05) is 38.1 Å². The maximum absolute atomic E-state index is 13.1. The largest absolute Gasteiger partial charge is 0.355 e. The van der Waals surface area contributed by atoms with Crippen LogP contribution in [0.25, 0.3) is 0 Å². The molecule has 0 unspecified atom stereocenters. The number of amides is 2. The molecule has 33 heavy (non-hydrogen) atoms. The lowest BCUT2D eigenvalue weighted by Crippen LogP contribution is -2.47. The molecular weight excluding hydrogens is 462 g/mol. The summed E-state index contributed by atoms with van der Waals surface area (Å²) in [6, 6.07) is 13.6. The number of anilines is 1. The number of nitrogens with one attached hydrogen (secondary N) is 1. The summed E-state index contributed by atoms with van der Waals surface area (Å²) in [7, 11) is -3.51. The first-order chi connectivity index (χ1) is 15.5. The molecule has 0 saturated carbocycles. The molecule has 2 aromatic carbocycles. The van der Waals surface area contributed by atoms with Crippen LogP contribution in [0.2, 0.25) is 5.02 Å². The van der Waals surface area contributed by atoms with Crippen LogP contribution in [0.3, 0.4) is 0 Å². The number of halogens is 1. The lowest BCUT2D eigenvalue weighted by atomic mass is 10.1. The second-order valence-corrected chi connectivity index (χ2v) is 10.3. The molecule has 2 aromatic rings. The summed E-state index contributed by atoms with van der Waals surface area (Å²) in [6.07, 6.45) is 1.58. The molecule has 0 fully saturated rings. The smallest absolute Gasteiger partial charge is 0.242 e. The highest BCUT2D eigenvalue weighted by atomic mass is 35.5. The molecule has 1 atom stereocenters. The molecule has 0 heterocycles. The van der Waals surface area contributed by atoms with Gasteiger partial charge in [0.15, 0.2) is 0 Å². The topological polar surface area (TPSA) is 86.8 Å². The number of hydrogen-bond acceptors (Lipinski definition) is 4. The zero-order valence-electron chi connectivity index (χ0n) is 19.5. The molecular formula is C24H32ClN3O4S. The third-order valence-electron chi connectivity index (χ3n) is 5.26. The standard InChI is InChI=1S/C24H32ClN3O4S/c1-5-26-24(30)19(3)27(17-20-10-12-21(25)13-11-20)23(29)7-6-16-28(33(4,31)32)22-14-8-18(2)9-15-22/h8-15,19H,5-7,16-17H2,1-4H3,(H,26,30)/t19-/m1/s1. The summed E-state index contributed by atoms with van der Waals surface area (Å²) in [5.41, 5.74) is 2.44. The quantitative estimate of drug-likeness (QED) is 0.516. The minimum Gasteiger partial charge on any atom is -0.355 e. The predicted molar refractivity (Wildman–Crippen MR) is 133 cm³/mol. The second-order valence-electron chi connectivity index (χ2n) is 7.99. The predicted octanol–water partition coefficient (Wildman–Crippen LogP) is 3.75. The van der Waals surface area contributed by atoms with E-state index in [2.05, 4.69) is 5.32 Å². The van der Waals surface area contributed by atoms with Crippen molar-refractivity contribution in [2.24, 2.45) is 0 Å². The Bertz CT molecular complexity index is 1040. The Labute approximate surface area is 201 Å². The SMILES string of the molecule is CCNC(=O)[C@@H](C)N(Cc1ccc(Cl)cc1)C(=O)CCCN(c1ccc(C)cc1)S(C)(=O)=O. The fraction of sp³-hybridized carbons (Fsp3) is 0.417. The third kappa shape index (κ3) is 8.05. The molecule has 0 aliphatic rings. The Morgan fingerprint density at radius 1 is 1.06 bits per heavy atom. The molecule has 9 heteroatoms. The monoisotopic (exact) mass is 493 g/mol. The highest BCUT2D eigenvalue weighted by Gasteiger charge is 2.26. The van der Waals surface area contributed by atoms with Crippen LogP contribution in [0, 0.1) is 6.92 Å². The molecule has 0 aromatic heterocycles. The zero-order chi connectivity index (χ0) is 24.6. The fourth-order valence-corrected chi connectivity index (χ4v) is 4.50. The maximum Gasteiger partial charge on any atom is 0.242 e. The van der Waals surface area contributed by atoms with Gasteiger partial charge in [0.05, 0.1) is 11.9 Å². The van der Waals surface area contributed by atoms with Gasteiger partial charge in [0, 0.05) is 31.1 Å². The number of sulfonamides is 1. The van der Waals surface area contributed by atoms with Gasteiger partial charge in [-0.3, -0.25) is 13.9 Å². The molecule has 2 amide bonds. The molecule has 0 spiro atoms. The summed E-state index contributed by atoms with van der Waals surface area (Å²) < 4.78 is 26.0. The summed E-state index contributed by atoms with van der Waals surface area (Å²) >= 11 is 5.96. The number of hydrogen-bond donors (Lipinski definition) is 1. The Morgan fingerprint density at radius 3 is 2.21 bits per heavy atom. The Hall–Kier alpha value is -2.58. The van der Waals surface area contributed by atoms with Crippen LogP contribution in [0.1, 0.15) is 37.8 Å². The molecule has 7 nitrogen and oxygen atoms in total. The van der Waals surface area contributed by atoms with Crippen molar-refractivity contribution >= 4 is 39.1 Å². The normalized spacial score (nSPS) is 12.2. The molecule has 0 radical (unpaired) electrons. The molecule has 1 N–H and O–H groups in total. The second kappa shape index (κ2) is 12.0. The van der Waals surface area contributed by atoms with E-state index in [1.165, 1.54) is 9.21 Å². The average molecular weight is 494 g/mol. The van der Waals surface area contributed by atoms with E-state index in [-0.39, 0.29) is 31.3 Å². The van der Waals surface area contributed by atoms with Crippen LogP contribution < -0.4 is 9.62 Å². The maximum atomic E-state index is 13.1. The van der Waals surface area contributed by atoms with Crippen molar-refractivity contribution in [3.8, 4) is 0 Å². The number of carbonyl (C=O) groups is 2. The molecule has 180 valence electrons. The first-order valence-electron chi connectivity index (χ1n) is 10.9. The van der Waals surface area contributed by atoms with Gasteiger partial charge in [-0.25, -0.2) is 8.42 Å². The van der Waals surface area contributed by atoms with Crippen molar-refractivity contribution in [3.63, 3.8) is 0 Å². The van der Waals surface area contributed by atoms with Crippen LogP contribution in [-0.4, -0.2) is 50.5 Å². The van der Waals surface area contributed by atoms with E-state index in [0.717, 1.165) is 17.4 Å². The first-order valence-corrected chi connectivity index (χ1v) is 13.1. The van der Waals surface area contributed by atoms with Crippen LogP contribution in [-0.2, 0) is 26.2 Å². The summed E-state index contributed by atoms with van der Waals surface area (Å²) in [6.45, 7) is 6.32. The fourth-order valence-electron chi connectivity index (χ4n) is 3.41. The zero-order valence-corrected chi connectivity index (χ0v) is 21.1. The van der Waals surface area contributed by atoms with Crippen molar-refractivity contribution in [2.75, 3.05) is 23.7 Å². The van der Waals surface area contributed by atoms with Crippen molar-refractivity contribution in [2.45, 2.75) is 46.2 Å². The highest BCUT2D eigenvalue weighted by Crippen LogP contribution is 2.20. The summed E-state index contributed by atoms with van der Waals surface area (Å²) in [5.74, 6) is -0.460. The van der Waals surface area contributed by atoms with E-state index in [9.17, 15) is 18.0 Å². The van der Waals surface area contributed by atoms with Gasteiger partial charge in [-0.05, 0) is 57.0 Å². The van der Waals surface area contributed by atoms with Gasteiger partial charge in [-0.1, -0.05) is 41.4 Å². The van der Waals surface area contributed by atoms with E-state index < -0.39 is 16.1 Å². The lowest BCUT2D eigenvalue weighted by Gasteiger charge is -2.29. The van der Waals surface area contributed by atoms with Crippen molar-refractivity contribution in [3.05, 3.63) is 64.7 Å². The number of nitrogens with zero attached hydrogens (tertiary/aromatic N) is 2. The average Bonchev–Trinajstić information content (AvgIpc) is 2.76. The number of benzene rings is 2. The van der Waals surface area contributed by atoms with Gasteiger partial charge in [-0.2, -0.15) is 0 Å².